The van der Waals surface area contributed by atoms with Gasteiger partial charge >= 0.3 is 34.4 Å². The number of carbonyl (C=O) groups excluding carboxylic acids is 9. The molecular formula is C41H63N9O15S. The lowest BCUT2D eigenvalue weighted by atomic mass is 10.0. The quantitative estimate of drug-likeness (QED) is 0.0218. The topological polar surface area (TPSA) is 338 Å². The Morgan fingerprint density at radius 3 is 2.03 bits per heavy atom. The van der Waals surface area contributed by atoms with Crippen LogP contribution in [-0.2, 0) is 64.5 Å². The van der Waals surface area contributed by atoms with Gasteiger partial charge in [0.15, 0.2) is 0 Å². The van der Waals surface area contributed by atoms with Crippen LogP contribution in [0.5, 0.6) is 0 Å². The minimum Gasteiger partial charge on any atom is -0.461 e. The van der Waals surface area contributed by atoms with Crippen LogP contribution in [-0.4, -0.2) is 132 Å². The average molecular weight is 954 g/mol. The molecule has 368 valence electrons. The van der Waals surface area contributed by atoms with Crippen molar-refractivity contribution in [3.63, 3.8) is 0 Å². The molecule has 24 nitrogen and oxygen atoms in total. The molecule has 66 heavy (non-hydrogen) atoms. The number of nitrogens with zero attached hydrogens (tertiary/aromatic N) is 1. The molecule has 0 aliphatic carbocycles. The van der Waals surface area contributed by atoms with Crippen molar-refractivity contribution in [3.05, 3.63) is 42.0 Å². The highest BCUT2D eigenvalue weighted by Crippen LogP contribution is 2.14. The van der Waals surface area contributed by atoms with Crippen molar-refractivity contribution in [2.24, 2.45) is 17.6 Å². The molecule has 1 heterocycles. The van der Waals surface area contributed by atoms with E-state index in [1.807, 2.05) is 0 Å². The van der Waals surface area contributed by atoms with Crippen molar-refractivity contribution in [1.29, 1.82) is 0 Å². The molecule has 0 spiro atoms. The van der Waals surface area contributed by atoms with Crippen molar-refractivity contribution in [3.8, 4) is 0 Å². The van der Waals surface area contributed by atoms with E-state index in [0.29, 0.717) is 30.5 Å². The number of alkyl carbamates (subject to hydrolysis) is 1. The van der Waals surface area contributed by atoms with Crippen molar-refractivity contribution in [2.45, 2.75) is 91.3 Å². The Balaban J connectivity index is 1.67. The molecule has 1 aliphatic rings. The fourth-order valence-electron chi connectivity index (χ4n) is 5.64. The van der Waals surface area contributed by atoms with E-state index in [0.717, 1.165) is 4.90 Å². The molecule has 0 bridgehead atoms. The van der Waals surface area contributed by atoms with Crippen LogP contribution in [0.3, 0.4) is 0 Å². The van der Waals surface area contributed by atoms with E-state index in [9.17, 15) is 51.6 Å². The van der Waals surface area contributed by atoms with Gasteiger partial charge < -0.3 is 51.3 Å². The Labute approximate surface area is 383 Å². The number of benzene rings is 1. The highest BCUT2D eigenvalue weighted by atomic mass is 32.2. The Bertz CT molecular complexity index is 1930. The van der Waals surface area contributed by atoms with Gasteiger partial charge in [-0.15, -0.1) is 0 Å². The second-order valence-corrected chi connectivity index (χ2v) is 16.9. The minimum absolute atomic E-state index is 0.0507. The smallest absolute Gasteiger partial charge is 0.421 e. The average Bonchev–Trinajstić information content (AvgIpc) is 3.57. The molecule has 1 aliphatic heterocycles. The van der Waals surface area contributed by atoms with Crippen molar-refractivity contribution < 1.29 is 70.5 Å². The number of ether oxygens (including phenoxy) is 4. The zero-order valence-electron chi connectivity index (χ0n) is 37.6. The van der Waals surface area contributed by atoms with Gasteiger partial charge in [-0.2, -0.15) is 13.1 Å². The summed E-state index contributed by atoms with van der Waals surface area (Å²) in [6, 6.07) is 3.55. The monoisotopic (exact) mass is 953 g/mol. The van der Waals surface area contributed by atoms with Gasteiger partial charge in [-0.3, -0.25) is 33.7 Å². The summed E-state index contributed by atoms with van der Waals surface area (Å²) in [5.74, 6) is -3.30. The lowest BCUT2D eigenvalue weighted by Gasteiger charge is -2.25. The summed E-state index contributed by atoms with van der Waals surface area (Å²) >= 11 is 0. The number of rotatable bonds is 31. The number of esters is 1. The Morgan fingerprint density at radius 2 is 1.38 bits per heavy atom. The predicted molar refractivity (Wildman–Crippen MR) is 236 cm³/mol. The third-order valence-corrected chi connectivity index (χ3v) is 10.2. The standard InChI is InChI=1S/C41H63N9O15S/c1-27(2)35(37(55)47-31(10-8-18-44-39(42)57)36(54)46-30-14-12-29(13-15-30)26-65-38(56)28(3)4)48-40(58)64-25-24-62-23-20-45-66(60,61)49-41(59)63-22-9-19-43-32(51)11-6-5-7-21-50-33(52)16-17-34(50)53/h12-17,27-28,31,35,45H,5-11,18-26H2,1-4H3,(H,43,51)(H,46,54)(H,47,55)(H,48,58)(H,49,59)(H3,42,44,57)/t31-,35-/m1/s1. The van der Waals surface area contributed by atoms with Gasteiger partial charge in [-0.25, -0.2) is 19.1 Å². The molecular weight excluding hydrogens is 891 g/mol. The zero-order valence-corrected chi connectivity index (χ0v) is 38.5. The molecule has 0 fully saturated rings. The number of hydrogen-bond donors (Lipinski definition) is 8. The molecule has 0 radical (unpaired) electrons. The molecule has 0 unspecified atom stereocenters. The SMILES string of the molecule is CC(C)C(=O)OCc1ccc(NC(=O)[C@@H](CCCNC(N)=O)NC(=O)[C@H](NC(=O)OCCOCCNS(=O)(=O)NC(=O)OCCCNC(=O)CCCCCN2C(=O)C=CC2=O)C(C)C)cc1. The van der Waals surface area contributed by atoms with E-state index in [-0.39, 0.29) is 115 Å². The largest absolute Gasteiger partial charge is 0.461 e. The normalized spacial score (nSPS) is 13.2. The number of hydrogen-bond acceptors (Lipinski definition) is 15. The molecule has 1 aromatic carbocycles. The van der Waals surface area contributed by atoms with Gasteiger partial charge in [0.25, 0.3) is 11.8 Å². The fourth-order valence-corrected chi connectivity index (χ4v) is 6.34. The maximum absolute atomic E-state index is 13.4. The number of imide groups is 1. The van der Waals surface area contributed by atoms with Crippen LogP contribution in [0, 0.1) is 11.8 Å². The Kier molecular flexibility index (Phi) is 25.3. The van der Waals surface area contributed by atoms with Gasteiger partial charge in [-0.05, 0) is 55.7 Å². The van der Waals surface area contributed by atoms with Crippen LogP contribution >= 0.6 is 0 Å². The fraction of sp³-hybridized carbons (Fsp3) is 0.585. The first kappa shape index (κ1) is 55.8. The molecule has 9 N–H and O–H groups in total. The number of carbonyl (C=O) groups is 9. The maximum atomic E-state index is 13.4. The van der Waals surface area contributed by atoms with E-state index in [4.69, 9.17) is 24.7 Å². The molecule has 2 atom stereocenters. The van der Waals surface area contributed by atoms with Gasteiger partial charge in [-0.1, -0.05) is 46.2 Å². The maximum Gasteiger partial charge on any atom is 0.421 e. The summed E-state index contributed by atoms with van der Waals surface area (Å²) < 4.78 is 48.5. The summed E-state index contributed by atoms with van der Waals surface area (Å²) in [4.78, 5) is 110. The zero-order chi connectivity index (χ0) is 49.1. The molecule has 1 aromatic rings. The first-order chi connectivity index (χ1) is 31.3. The first-order valence-electron chi connectivity index (χ1n) is 21.4. The summed E-state index contributed by atoms with van der Waals surface area (Å²) in [7, 11) is -4.31. The number of anilines is 1. The van der Waals surface area contributed by atoms with Crippen molar-refractivity contribution >= 4 is 69.6 Å². The number of nitrogens with one attached hydrogen (secondary N) is 7. The lowest BCUT2D eigenvalue weighted by Crippen LogP contribution is -2.54. The van der Waals surface area contributed by atoms with Gasteiger partial charge in [0.2, 0.25) is 17.7 Å². The van der Waals surface area contributed by atoms with Crippen LogP contribution in [0.4, 0.5) is 20.1 Å². The summed E-state index contributed by atoms with van der Waals surface area (Å²) in [6.07, 6.45) is 2.77. The molecule has 0 aromatic heterocycles. The molecule has 0 saturated heterocycles. The molecule has 2 rings (SSSR count). The Hall–Kier alpha value is -6.34. The number of unbranched alkanes of at least 4 members (excludes halogenated alkanes) is 2. The highest BCUT2D eigenvalue weighted by molar-refractivity contribution is 7.88. The summed E-state index contributed by atoms with van der Waals surface area (Å²) in [6.45, 7) is 6.33. The number of urea groups is 1. The number of primary amides is 1. The summed E-state index contributed by atoms with van der Waals surface area (Å²) in [5, 5.41) is 12.9. The van der Waals surface area contributed by atoms with Crippen LogP contribution in [0.15, 0.2) is 36.4 Å². The second-order valence-electron chi connectivity index (χ2n) is 15.4. The summed E-state index contributed by atoms with van der Waals surface area (Å²) in [5.41, 5.74) is 6.22. The second kappa shape index (κ2) is 30.0. The third kappa shape index (κ3) is 23.5. The first-order valence-corrected chi connectivity index (χ1v) is 22.9. The van der Waals surface area contributed by atoms with Crippen LogP contribution in [0.1, 0.15) is 78.2 Å². The van der Waals surface area contributed by atoms with E-state index >= 15 is 0 Å². The third-order valence-electron chi connectivity index (χ3n) is 9.18. The highest BCUT2D eigenvalue weighted by Gasteiger charge is 2.29. The van der Waals surface area contributed by atoms with Crippen molar-refractivity contribution in [2.75, 3.05) is 57.9 Å². The van der Waals surface area contributed by atoms with Crippen LogP contribution < -0.4 is 41.8 Å². The Morgan fingerprint density at radius 1 is 0.712 bits per heavy atom. The number of nitrogens with two attached hydrogens (primary N) is 1. The van der Waals surface area contributed by atoms with Gasteiger partial charge in [0.1, 0.15) is 25.3 Å². The van der Waals surface area contributed by atoms with Crippen LogP contribution in [0.2, 0.25) is 0 Å². The van der Waals surface area contributed by atoms with Gasteiger partial charge in [0.05, 0.1) is 25.7 Å². The van der Waals surface area contributed by atoms with E-state index in [2.05, 4.69) is 31.3 Å². The van der Waals surface area contributed by atoms with E-state index in [1.54, 1.807) is 56.7 Å². The van der Waals surface area contributed by atoms with E-state index in [1.165, 1.54) is 12.2 Å². The van der Waals surface area contributed by atoms with Crippen molar-refractivity contribution in [1.82, 2.24) is 35.6 Å². The lowest BCUT2D eigenvalue weighted by molar-refractivity contribution is -0.148. The van der Waals surface area contributed by atoms with E-state index < -0.39 is 58.2 Å². The minimum atomic E-state index is -4.31. The predicted octanol–water partition coefficient (Wildman–Crippen LogP) is 0.577. The van der Waals surface area contributed by atoms with Gasteiger partial charge in [0, 0.05) is 50.4 Å². The molecule has 0 saturated carbocycles. The molecule has 9 amide bonds. The van der Waals surface area contributed by atoms with Crippen LogP contribution in [0.25, 0.3) is 0 Å². The molecule has 25 heteroatoms. The number of amides is 9.